The molecule has 0 radical (unpaired) electrons. The minimum Gasteiger partial charge on any atom is -0.490 e. The second-order valence-electron chi connectivity index (χ2n) is 16.8. The number of rotatable bonds is 14. The zero-order valence-corrected chi connectivity index (χ0v) is 36.6. The number of para-hydroxylation sites is 1. The summed E-state index contributed by atoms with van der Waals surface area (Å²) in [6.45, 7) is 4.16. The number of piperazine rings is 1. The minimum absolute atomic E-state index is 0.0140. The van der Waals surface area contributed by atoms with Gasteiger partial charge in [0, 0.05) is 43.2 Å². The zero-order valence-electron chi connectivity index (χ0n) is 36.6. The molecular formula is C48H53F5N6O7. The van der Waals surface area contributed by atoms with Crippen LogP contribution in [0.5, 0.6) is 5.75 Å². The highest BCUT2D eigenvalue weighted by Gasteiger charge is 2.43. The minimum atomic E-state index is -4.64. The maximum absolute atomic E-state index is 13.9. The molecule has 1 fully saturated rings. The van der Waals surface area contributed by atoms with Gasteiger partial charge in [0.05, 0.1) is 29.6 Å². The predicted octanol–water partition coefficient (Wildman–Crippen LogP) is 6.63. The molecule has 1 saturated heterocycles. The molecule has 0 spiro atoms. The Bertz CT molecular complexity index is 2400. The molecule has 0 bridgehead atoms. The van der Waals surface area contributed by atoms with Gasteiger partial charge in [-0.1, -0.05) is 65.8 Å². The quantitative estimate of drug-likeness (QED) is 0.0353. The number of oxazole rings is 1. The fraction of sp³-hybridized carbons (Fsp3) is 0.375. The van der Waals surface area contributed by atoms with Gasteiger partial charge in [-0.2, -0.15) is 13.2 Å². The Balaban J connectivity index is 0.000000574. The predicted molar refractivity (Wildman–Crippen MR) is 234 cm³/mol. The number of amides is 2. The Kier molecular flexibility index (Phi) is 16.3. The third-order valence-electron chi connectivity index (χ3n) is 11.7. The van der Waals surface area contributed by atoms with E-state index in [-0.39, 0.29) is 44.9 Å². The smallest absolute Gasteiger partial charge is 0.405 e. The van der Waals surface area contributed by atoms with Crippen molar-refractivity contribution in [3.63, 3.8) is 0 Å². The molecule has 13 nitrogen and oxygen atoms in total. The molecule has 18 heteroatoms. The number of aromatic nitrogens is 1. The van der Waals surface area contributed by atoms with Crippen LogP contribution in [0, 0.1) is 17.6 Å². The van der Waals surface area contributed by atoms with Gasteiger partial charge in [0.1, 0.15) is 42.7 Å². The molecule has 3 heterocycles. The first kappa shape index (κ1) is 49.2. The molecule has 66 heavy (non-hydrogen) atoms. The van der Waals surface area contributed by atoms with E-state index in [9.17, 15) is 41.8 Å². The van der Waals surface area contributed by atoms with Gasteiger partial charge in [0.25, 0.3) is 0 Å². The van der Waals surface area contributed by atoms with Crippen LogP contribution in [-0.4, -0.2) is 111 Å². The highest BCUT2D eigenvalue weighted by molar-refractivity contribution is 5.98. The standard InChI is InChI=1S/C40H45F4N5O6.C8H8FNO/c1-39(2,38-45-20-34(55-38)26-12-14-28(41)15-13-26)49-17-16-48(31(22-49)37(53)46-24-40(42,43)44)21-29(50)19-27(18-25-8-4-3-5-9-25)36(52)47-35-30-10-6-7-11-33(30)54-23-32(35)51;1-6(10-11)7-2-4-8(9)5-3-7/h3-15,20,27,29,31-32,35,50-51H,16-19,21-24H2,1-2H3,(H,46,53)(H,47,52);2-5,11H,1H3/b;10-6+/t27-,29+,31+,32-,35+;/m1./s1. The van der Waals surface area contributed by atoms with Gasteiger partial charge in [-0.25, -0.2) is 13.8 Å². The van der Waals surface area contributed by atoms with Crippen molar-refractivity contribution in [1.29, 1.82) is 0 Å². The lowest BCUT2D eigenvalue weighted by Crippen LogP contribution is -2.63. The van der Waals surface area contributed by atoms with Crippen LogP contribution in [0.1, 0.15) is 55.8 Å². The van der Waals surface area contributed by atoms with Gasteiger partial charge in [0.2, 0.25) is 17.7 Å². The summed E-state index contributed by atoms with van der Waals surface area (Å²) in [7, 11) is 0. The molecule has 5 aromatic rings. The molecule has 0 unspecified atom stereocenters. The van der Waals surface area contributed by atoms with E-state index in [4.69, 9.17) is 14.4 Å². The van der Waals surface area contributed by atoms with Crippen molar-refractivity contribution in [2.24, 2.45) is 11.1 Å². The first-order valence-electron chi connectivity index (χ1n) is 21.3. The molecule has 2 aliphatic heterocycles. The summed E-state index contributed by atoms with van der Waals surface area (Å²) in [6, 6.07) is 26.0. The summed E-state index contributed by atoms with van der Waals surface area (Å²) in [5, 5.41) is 38.6. The van der Waals surface area contributed by atoms with Crippen molar-refractivity contribution in [3.8, 4) is 17.1 Å². The Morgan fingerprint density at radius 1 is 0.924 bits per heavy atom. The molecule has 4 aromatic carbocycles. The molecule has 5 atom stereocenters. The number of β-amino-alcohol motifs (C(OH)–C–C–N with tert-alkyl or cyclic N) is 1. The summed E-state index contributed by atoms with van der Waals surface area (Å²) in [5.41, 5.74) is 2.35. The van der Waals surface area contributed by atoms with Crippen LogP contribution in [-0.2, 0) is 21.5 Å². The van der Waals surface area contributed by atoms with E-state index in [1.165, 1.54) is 30.5 Å². The summed E-state index contributed by atoms with van der Waals surface area (Å²) in [4.78, 5) is 35.4. The van der Waals surface area contributed by atoms with Gasteiger partial charge in [0.15, 0.2) is 5.76 Å². The number of carbonyl (C=O) groups is 2. The fourth-order valence-electron chi connectivity index (χ4n) is 7.94. The molecule has 2 amide bonds. The number of benzene rings is 4. The molecule has 5 N–H and O–H groups in total. The van der Waals surface area contributed by atoms with Crippen molar-refractivity contribution in [1.82, 2.24) is 25.4 Å². The lowest BCUT2D eigenvalue weighted by atomic mass is 9.90. The second-order valence-corrected chi connectivity index (χ2v) is 16.8. The number of ether oxygens (including phenoxy) is 1. The lowest BCUT2D eigenvalue weighted by molar-refractivity contribution is -0.144. The van der Waals surface area contributed by atoms with Gasteiger partial charge in [-0.05, 0) is 87.2 Å². The number of hydrogen-bond donors (Lipinski definition) is 5. The van der Waals surface area contributed by atoms with E-state index in [2.05, 4.69) is 15.5 Å². The number of aliphatic hydroxyl groups is 2. The highest BCUT2D eigenvalue weighted by atomic mass is 19.4. The molecule has 0 aliphatic carbocycles. The summed E-state index contributed by atoms with van der Waals surface area (Å²) in [6.07, 6.45) is -5.07. The maximum atomic E-state index is 13.9. The Morgan fingerprint density at radius 2 is 1.58 bits per heavy atom. The van der Waals surface area contributed by atoms with Crippen LogP contribution in [0.2, 0.25) is 0 Å². The number of fused-ring (bicyclic) bond motifs is 1. The van der Waals surface area contributed by atoms with E-state index in [0.717, 1.165) is 5.56 Å². The number of oxime groups is 1. The number of hydrogen-bond acceptors (Lipinski definition) is 11. The number of alkyl halides is 3. The summed E-state index contributed by atoms with van der Waals surface area (Å²) < 4.78 is 77.3. The molecule has 352 valence electrons. The van der Waals surface area contributed by atoms with Crippen LogP contribution < -0.4 is 15.4 Å². The van der Waals surface area contributed by atoms with E-state index >= 15 is 0 Å². The van der Waals surface area contributed by atoms with Crippen molar-refractivity contribution in [2.45, 2.75) is 69.6 Å². The average molecular weight is 921 g/mol. The number of nitrogens with zero attached hydrogens (tertiary/aromatic N) is 4. The average Bonchev–Trinajstić information content (AvgIpc) is 3.81. The topological polar surface area (TPSA) is 173 Å². The fourth-order valence-corrected chi connectivity index (χ4v) is 7.94. The number of carbonyl (C=O) groups excluding carboxylic acids is 2. The SMILES string of the molecule is C/C(=N\O)c1ccc(F)cc1.CC(C)(c1ncc(-c2ccc(F)cc2)o1)N1CCN(C[C@@H](O)C[C@@H](Cc2ccccc2)C(=O)N[C@H]2c3ccccc3OC[C@H]2O)[C@H](C(=O)NCC(F)(F)F)C1. The Labute approximate surface area is 378 Å². The van der Waals surface area contributed by atoms with Crippen LogP contribution in [0.3, 0.4) is 0 Å². The Morgan fingerprint density at radius 3 is 2.24 bits per heavy atom. The van der Waals surface area contributed by atoms with Crippen molar-refractivity contribution >= 4 is 17.5 Å². The monoisotopic (exact) mass is 920 g/mol. The van der Waals surface area contributed by atoms with Gasteiger partial charge >= 0.3 is 6.18 Å². The van der Waals surface area contributed by atoms with Gasteiger partial charge in [-0.3, -0.25) is 19.4 Å². The van der Waals surface area contributed by atoms with Crippen LogP contribution >= 0.6 is 0 Å². The third-order valence-corrected chi connectivity index (χ3v) is 11.7. The van der Waals surface area contributed by atoms with Crippen LogP contribution in [0.15, 0.2) is 119 Å². The summed E-state index contributed by atoms with van der Waals surface area (Å²) >= 11 is 0. The van der Waals surface area contributed by atoms with E-state index in [1.54, 1.807) is 60.4 Å². The third kappa shape index (κ3) is 13.0. The van der Waals surface area contributed by atoms with E-state index in [1.807, 2.05) is 54.4 Å². The van der Waals surface area contributed by atoms with Gasteiger partial charge in [-0.15, -0.1) is 0 Å². The van der Waals surface area contributed by atoms with Crippen LogP contribution in [0.4, 0.5) is 22.0 Å². The molecular weight excluding hydrogens is 868 g/mol. The normalized spacial score (nSPS) is 19.1. The number of aliphatic hydroxyl groups excluding tert-OH is 2. The number of nitrogens with one attached hydrogen (secondary N) is 2. The summed E-state index contributed by atoms with van der Waals surface area (Å²) in [5.74, 6) is -1.49. The first-order valence-corrected chi connectivity index (χ1v) is 21.3. The van der Waals surface area contributed by atoms with Gasteiger partial charge < -0.3 is 35.2 Å². The molecule has 0 saturated carbocycles. The largest absolute Gasteiger partial charge is 0.490 e. The van der Waals surface area contributed by atoms with Crippen molar-refractivity contribution in [2.75, 3.05) is 39.3 Å². The van der Waals surface area contributed by atoms with Crippen LogP contribution in [0.25, 0.3) is 11.3 Å². The van der Waals surface area contributed by atoms with E-state index in [0.29, 0.717) is 46.3 Å². The zero-order chi connectivity index (χ0) is 47.6. The highest BCUT2D eigenvalue weighted by Crippen LogP contribution is 2.34. The van der Waals surface area contributed by atoms with Crippen molar-refractivity contribution in [3.05, 3.63) is 144 Å². The molecule has 2 aliphatic rings. The van der Waals surface area contributed by atoms with E-state index < -0.39 is 66.1 Å². The molecule has 7 rings (SSSR count). The lowest BCUT2D eigenvalue weighted by Gasteiger charge is -2.46. The second kappa shape index (κ2) is 21.9. The number of halogens is 5. The van der Waals surface area contributed by atoms with Crippen molar-refractivity contribution < 1.29 is 56.1 Å². The maximum Gasteiger partial charge on any atom is 0.405 e. The molecule has 1 aromatic heterocycles. The Hall–Kier alpha value is -6.21. The first-order chi connectivity index (χ1) is 31.4.